The van der Waals surface area contributed by atoms with Crippen molar-refractivity contribution >= 4 is 5.91 Å². The van der Waals surface area contributed by atoms with E-state index in [-0.39, 0.29) is 5.91 Å². The molecule has 0 saturated heterocycles. The van der Waals surface area contributed by atoms with Gasteiger partial charge in [0, 0.05) is 13.1 Å². The molecule has 0 heterocycles. The zero-order valence-corrected chi connectivity index (χ0v) is 12.3. The number of hydrogen-bond donors (Lipinski definition) is 2. The molecule has 20 heavy (non-hydrogen) atoms. The predicted molar refractivity (Wildman–Crippen MR) is 81.7 cm³/mol. The number of amides is 1. The zero-order chi connectivity index (χ0) is 14.8. The molecule has 0 radical (unpaired) electrons. The third kappa shape index (κ3) is 5.89. The van der Waals surface area contributed by atoms with Gasteiger partial charge in [-0.3, -0.25) is 4.79 Å². The van der Waals surface area contributed by atoms with Crippen molar-refractivity contribution in [2.75, 3.05) is 13.1 Å². The van der Waals surface area contributed by atoms with Crippen LogP contribution in [0.15, 0.2) is 36.9 Å². The van der Waals surface area contributed by atoms with Crippen molar-refractivity contribution in [2.24, 2.45) is 0 Å². The van der Waals surface area contributed by atoms with Crippen LogP contribution in [0.25, 0.3) is 0 Å². The number of nitrogens with one attached hydrogen (secondary N) is 2. The maximum absolute atomic E-state index is 11.7. The molecule has 1 aromatic rings. The standard InChI is InChI=1S/C16H24N2O2/c1-4-10-17-12-14-6-8-15(9-7-14)20-13(3)16(19)18-11-5-2/h5-9,13,17H,2,4,10-12H2,1,3H3,(H,18,19). The van der Waals surface area contributed by atoms with Crippen molar-refractivity contribution in [1.82, 2.24) is 10.6 Å². The van der Waals surface area contributed by atoms with Gasteiger partial charge in [-0.2, -0.15) is 0 Å². The summed E-state index contributed by atoms with van der Waals surface area (Å²) < 4.78 is 5.59. The first-order chi connectivity index (χ1) is 9.67. The van der Waals surface area contributed by atoms with Crippen molar-refractivity contribution in [3.8, 4) is 5.75 Å². The van der Waals surface area contributed by atoms with Crippen LogP contribution in [-0.2, 0) is 11.3 Å². The average Bonchev–Trinajstić information content (AvgIpc) is 2.46. The highest BCUT2D eigenvalue weighted by molar-refractivity contribution is 5.80. The van der Waals surface area contributed by atoms with E-state index in [0.29, 0.717) is 12.3 Å². The van der Waals surface area contributed by atoms with Gasteiger partial charge >= 0.3 is 0 Å². The lowest BCUT2D eigenvalue weighted by Crippen LogP contribution is -2.36. The van der Waals surface area contributed by atoms with Gasteiger partial charge in [0.2, 0.25) is 0 Å². The lowest BCUT2D eigenvalue weighted by atomic mass is 10.2. The Kier molecular flexibility index (Phi) is 7.43. The van der Waals surface area contributed by atoms with Gasteiger partial charge in [0.15, 0.2) is 6.10 Å². The summed E-state index contributed by atoms with van der Waals surface area (Å²) in [4.78, 5) is 11.7. The van der Waals surface area contributed by atoms with E-state index in [2.05, 4.69) is 24.1 Å². The predicted octanol–water partition coefficient (Wildman–Crippen LogP) is 2.26. The van der Waals surface area contributed by atoms with Crippen LogP contribution < -0.4 is 15.4 Å². The fourth-order valence-corrected chi connectivity index (χ4v) is 1.67. The fourth-order valence-electron chi connectivity index (χ4n) is 1.67. The molecule has 1 atom stereocenters. The number of hydrogen-bond acceptors (Lipinski definition) is 3. The minimum Gasteiger partial charge on any atom is -0.481 e. The maximum Gasteiger partial charge on any atom is 0.261 e. The Hall–Kier alpha value is -1.81. The van der Waals surface area contributed by atoms with E-state index in [0.717, 1.165) is 19.5 Å². The van der Waals surface area contributed by atoms with Gasteiger partial charge in [-0.25, -0.2) is 0 Å². The number of ether oxygens (including phenoxy) is 1. The molecule has 0 aliphatic heterocycles. The fraction of sp³-hybridized carbons (Fsp3) is 0.438. The number of carbonyl (C=O) groups is 1. The Morgan fingerprint density at radius 3 is 2.70 bits per heavy atom. The largest absolute Gasteiger partial charge is 0.481 e. The topological polar surface area (TPSA) is 50.4 Å². The van der Waals surface area contributed by atoms with E-state index in [9.17, 15) is 4.79 Å². The van der Waals surface area contributed by atoms with E-state index < -0.39 is 6.10 Å². The van der Waals surface area contributed by atoms with Gasteiger partial charge in [-0.15, -0.1) is 6.58 Å². The number of rotatable bonds is 9. The SMILES string of the molecule is C=CCNC(=O)C(C)Oc1ccc(CNCCC)cc1. The van der Waals surface area contributed by atoms with Gasteiger partial charge in [-0.05, 0) is 37.6 Å². The molecule has 1 aromatic carbocycles. The van der Waals surface area contributed by atoms with Crippen molar-refractivity contribution in [2.45, 2.75) is 32.9 Å². The van der Waals surface area contributed by atoms with Gasteiger partial charge in [0.05, 0.1) is 0 Å². The molecular weight excluding hydrogens is 252 g/mol. The molecule has 110 valence electrons. The van der Waals surface area contributed by atoms with Gasteiger partial charge in [0.25, 0.3) is 5.91 Å². The zero-order valence-electron chi connectivity index (χ0n) is 12.3. The van der Waals surface area contributed by atoms with Crippen LogP contribution in [-0.4, -0.2) is 25.1 Å². The molecule has 0 bridgehead atoms. The molecule has 0 saturated carbocycles. The Morgan fingerprint density at radius 2 is 2.10 bits per heavy atom. The third-order valence-corrected chi connectivity index (χ3v) is 2.78. The molecule has 1 rings (SSSR count). The highest BCUT2D eigenvalue weighted by Crippen LogP contribution is 2.14. The molecule has 4 nitrogen and oxygen atoms in total. The van der Waals surface area contributed by atoms with Crippen LogP contribution in [0.5, 0.6) is 5.75 Å². The van der Waals surface area contributed by atoms with E-state index in [4.69, 9.17) is 4.74 Å². The number of carbonyl (C=O) groups excluding carboxylic acids is 1. The molecule has 1 amide bonds. The van der Waals surface area contributed by atoms with Crippen LogP contribution in [0.4, 0.5) is 0 Å². The smallest absolute Gasteiger partial charge is 0.261 e. The molecule has 0 aliphatic rings. The average molecular weight is 276 g/mol. The summed E-state index contributed by atoms with van der Waals surface area (Å²) in [6.45, 7) is 9.74. The molecule has 4 heteroatoms. The minimum absolute atomic E-state index is 0.140. The molecule has 2 N–H and O–H groups in total. The Morgan fingerprint density at radius 1 is 1.40 bits per heavy atom. The molecule has 0 aliphatic carbocycles. The van der Waals surface area contributed by atoms with E-state index >= 15 is 0 Å². The highest BCUT2D eigenvalue weighted by Gasteiger charge is 2.13. The van der Waals surface area contributed by atoms with E-state index in [1.807, 2.05) is 24.3 Å². The summed E-state index contributed by atoms with van der Waals surface area (Å²) in [5, 5.41) is 6.04. The molecule has 0 spiro atoms. The van der Waals surface area contributed by atoms with Crippen molar-refractivity contribution in [3.63, 3.8) is 0 Å². The highest BCUT2D eigenvalue weighted by atomic mass is 16.5. The monoisotopic (exact) mass is 276 g/mol. The summed E-state index contributed by atoms with van der Waals surface area (Å²) >= 11 is 0. The molecule has 0 aromatic heterocycles. The van der Waals surface area contributed by atoms with Crippen molar-refractivity contribution in [3.05, 3.63) is 42.5 Å². The number of benzene rings is 1. The molecular formula is C16H24N2O2. The Balaban J connectivity index is 2.43. The van der Waals surface area contributed by atoms with Crippen LogP contribution in [0.3, 0.4) is 0 Å². The first-order valence-electron chi connectivity index (χ1n) is 7.02. The van der Waals surface area contributed by atoms with Crippen LogP contribution in [0.1, 0.15) is 25.8 Å². The van der Waals surface area contributed by atoms with E-state index in [1.165, 1.54) is 5.56 Å². The minimum atomic E-state index is -0.515. The first-order valence-corrected chi connectivity index (χ1v) is 7.02. The van der Waals surface area contributed by atoms with Gasteiger partial charge in [-0.1, -0.05) is 25.1 Å². The van der Waals surface area contributed by atoms with E-state index in [1.54, 1.807) is 13.0 Å². The lowest BCUT2D eigenvalue weighted by molar-refractivity contribution is -0.127. The Bertz CT molecular complexity index is 415. The summed E-state index contributed by atoms with van der Waals surface area (Å²) in [5.74, 6) is 0.559. The second-order valence-corrected chi connectivity index (χ2v) is 4.61. The summed E-state index contributed by atoms with van der Waals surface area (Å²) in [5.41, 5.74) is 1.20. The van der Waals surface area contributed by atoms with Gasteiger partial charge < -0.3 is 15.4 Å². The van der Waals surface area contributed by atoms with Crippen LogP contribution >= 0.6 is 0 Å². The summed E-state index contributed by atoms with van der Waals surface area (Å²) in [6, 6.07) is 7.79. The maximum atomic E-state index is 11.7. The molecule has 1 unspecified atom stereocenters. The van der Waals surface area contributed by atoms with Crippen molar-refractivity contribution < 1.29 is 9.53 Å². The Labute approximate surface area is 121 Å². The second kappa shape index (κ2) is 9.15. The van der Waals surface area contributed by atoms with Gasteiger partial charge in [0.1, 0.15) is 5.75 Å². The molecule has 0 fully saturated rings. The van der Waals surface area contributed by atoms with Crippen LogP contribution in [0.2, 0.25) is 0 Å². The summed E-state index contributed by atoms with van der Waals surface area (Å²) in [6.07, 6.45) is 2.25. The summed E-state index contributed by atoms with van der Waals surface area (Å²) in [7, 11) is 0. The second-order valence-electron chi connectivity index (χ2n) is 4.61. The first kappa shape index (κ1) is 16.2. The van der Waals surface area contributed by atoms with Crippen molar-refractivity contribution in [1.29, 1.82) is 0 Å². The third-order valence-electron chi connectivity index (χ3n) is 2.78. The normalized spacial score (nSPS) is 11.7. The van der Waals surface area contributed by atoms with Crippen LogP contribution in [0, 0.1) is 0 Å². The quantitative estimate of drug-likeness (QED) is 0.537. The lowest BCUT2D eigenvalue weighted by Gasteiger charge is -2.14.